The highest BCUT2D eigenvalue weighted by molar-refractivity contribution is 5.75. The Hall–Kier alpha value is -1.91. The maximum Gasteiger partial charge on any atom is 0.314 e. The molecule has 3 fully saturated rings. The molecule has 0 N–H and O–H groups in total. The number of ether oxygens (including phenoxy) is 2. The van der Waals surface area contributed by atoms with Crippen LogP contribution in [0.3, 0.4) is 0 Å². The smallest absolute Gasteiger partial charge is 0.314 e. The molecule has 0 aromatic heterocycles. The summed E-state index contributed by atoms with van der Waals surface area (Å²) in [4.78, 5) is 12.7. The molecule has 3 aliphatic carbocycles. The van der Waals surface area contributed by atoms with Crippen molar-refractivity contribution in [2.75, 3.05) is 6.61 Å². The SMILES string of the molecule is C/C=C/COc1ccc(OC(=O)C2CCC(C3CCC4CC(C)CCC4C3)CC2)c(F)c1F. The van der Waals surface area contributed by atoms with Gasteiger partial charge in [-0.2, -0.15) is 8.78 Å². The highest BCUT2D eigenvalue weighted by atomic mass is 19.2. The first-order chi connectivity index (χ1) is 16.0. The van der Waals surface area contributed by atoms with Gasteiger partial charge in [0, 0.05) is 0 Å². The summed E-state index contributed by atoms with van der Waals surface area (Å²) in [5.74, 6) is 0.697. The van der Waals surface area contributed by atoms with Crippen LogP contribution in [0.1, 0.15) is 78.1 Å². The summed E-state index contributed by atoms with van der Waals surface area (Å²) >= 11 is 0. The van der Waals surface area contributed by atoms with Gasteiger partial charge in [-0.1, -0.05) is 25.5 Å². The fourth-order valence-electron chi connectivity index (χ4n) is 6.54. The minimum Gasteiger partial charge on any atom is -0.486 e. The second-order valence-electron chi connectivity index (χ2n) is 10.6. The first-order valence-electron chi connectivity index (χ1n) is 12.9. The number of rotatable bonds is 6. The lowest BCUT2D eigenvalue weighted by atomic mass is 9.61. The van der Waals surface area contributed by atoms with Gasteiger partial charge < -0.3 is 9.47 Å². The highest BCUT2D eigenvalue weighted by Gasteiger charge is 2.39. The van der Waals surface area contributed by atoms with Crippen LogP contribution in [0.5, 0.6) is 11.5 Å². The fraction of sp³-hybridized carbons (Fsp3) is 0.679. The molecule has 5 heteroatoms. The molecular weight excluding hydrogens is 422 g/mol. The molecule has 4 unspecified atom stereocenters. The van der Waals surface area contributed by atoms with Crippen molar-refractivity contribution in [1.82, 2.24) is 0 Å². The number of fused-ring (bicyclic) bond motifs is 1. The molecule has 3 aliphatic rings. The lowest BCUT2D eigenvalue weighted by molar-refractivity contribution is -0.140. The van der Waals surface area contributed by atoms with E-state index in [4.69, 9.17) is 9.47 Å². The van der Waals surface area contributed by atoms with Gasteiger partial charge in [-0.25, -0.2) is 0 Å². The summed E-state index contributed by atoms with van der Waals surface area (Å²) in [6.07, 6.45) is 15.3. The Morgan fingerprint density at radius 1 is 0.879 bits per heavy atom. The molecule has 1 aromatic carbocycles. The average Bonchev–Trinajstić information content (AvgIpc) is 2.83. The van der Waals surface area contributed by atoms with Crippen LogP contribution < -0.4 is 9.47 Å². The van der Waals surface area contributed by atoms with E-state index in [1.807, 2.05) is 6.92 Å². The van der Waals surface area contributed by atoms with E-state index in [0.29, 0.717) is 5.92 Å². The van der Waals surface area contributed by atoms with Crippen molar-refractivity contribution in [2.24, 2.45) is 35.5 Å². The Bertz CT molecular complexity index is 844. The monoisotopic (exact) mass is 460 g/mol. The second kappa shape index (κ2) is 11.0. The molecule has 0 aliphatic heterocycles. The zero-order valence-corrected chi connectivity index (χ0v) is 20.0. The van der Waals surface area contributed by atoms with E-state index in [1.54, 1.807) is 12.2 Å². The number of halogens is 2. The van der Waals surface area contributed by atoms with E-state index in [9.17, 15) is 13.6 Å². The van der Waals surface area contributed by atoms with Crippen LogP contribution in [0.25, 0.3) is 0 Å². The Morgan fingerprint density at radius 2 is 1.45 bits per heavy atom. The predicted molar refractivity (Wildman–Crippen MR) is 125 cm³/mol. The molecular formula is C28H38F2O3. The van der Waals surface area contributed by atoms with Crippen molar-refractivity contribution in [3.05, 3.63) is 35.9 Å². The molecule has 4 atom stereocenters. The Morgan fingerprint density at radius 3 is 2.18 bits per heavy atom. The molecule has 4 rings (SSSR count). The number of allylic oxidation sites excluding steroid dienone is 1. The third-order valence-electron chi connectivity index (χ3n) is 8.48. The summed E-state index contributed by atoms with van der Waals surface area (Å²) in [6.45, 7) is 4.37. The molecule has 1 aromatic rings. The van der Waals surface area contributed by atoms with Crippen LogP contribution in [-0.4, -0.2) is 12.6 Å². The zero-order valence-electron chi connectivity index (χ0n) is 20.0. The van der Waals surface area contributed by atoms with Crippen LogP contribution in [0, 0.1) is 47.1 Å². The molecule has 0 saturated heterocycles. The molecule has 0 amide bonds. The van der Waals surface area contributed by atoms with E-state index in [0.717, 1.165) is 49.4 Å². The summed E-state index contributed by atoms with van der Waals surface area (Å²) < 4.78 is 39.2. The van der Waals surface area contributed by atoms with Gasteiger partial charge in [0.1, 0.15) is 6.61 Å². The summed E-state index contributed by atoms with van der Waals surface area (Å²) in [5.41, 5.74) is 0. The van der Waals surface area contributed by atoms with Crippen molar-refractivity contribution < 1.29 is 23.0 Å². The number of carbonyl (C=O) groups is 1. The second-order valence-corrected chi connectivity index (χ2v) is 10.6. The van der Waals surface area contributed by atoms with E-state index in [-0.39, 0.29) is 24.0 Å². The van der Waals surface area contributed by atoms with Crippen molar-refractivity contribution in [3.63, 3.8) is 0 Å². The minimum atomic E-state index is -1.17. The highest BCUT2D eigenvalue weighted by Crippen LogP contribution is 2.49. The van der Waals surface area contributed by atoms with Gasteiger partial charge in [0.2, 0.25) is 11.6 Å². The van der Waals surface area contributed by atoms with Crippen LogP contribution in [-0.2, 0) is 4.79 Å². The molecule has 3 nitrogen and oxygen atoms in total. The van der Waals surface area contributed by atoms with Gasteiger partial charge in [0.25, 0.3) is 0 Å². The average molecular weight is 461 g/mol. The first-order valence-corrected chi connectivity index (χ1v) is 12.9. The summed E-state index contributed by atoms with van der Waals surface area (Å²) in [7, 11) is 0. The van der Waals surface area contributed by atoms with Crippen LogP contribution in [0.2, 0.25) is 0 Å². The number of carbonyl (C=O) groups excluding carboxylic acids is 1. The van der Waals surface area contributed by atoms with Crippen LogP contribution >= 0.6 is 0 Å². The lowest BCUT2D eigenvalue weighted by Gasteiger charge is -2.44. The number of esters is 1. The van der Waals surface area contributed by atoms with Crippen molar-refractivity contribution in [3.8, 4) is 11.5 Å². The Labute approximate surface area is 196 Å². The largest absolute Gasteiger partial charge is 0.486 e. The third kappa shape index (κ3) is 5.78. The van der Waals surface area contributed by atoms with Crippen LogP contribution in [0.15, 0.2) is 24.3 Å². The maximum absolute atomic E-state index is 14.4. The first kappa shape index (κ1) is 24.2. The maximum atomic E-state index is 14.4. The minimum absolute atomic E-state index is 0.150. The molecule has 0 radical (unpaired) electrons. The van der Waals surface area contributed by atoms with Gasteiger partial charge in [0.15, 0.2) is 11.5 Å². The van der Waals surface area contributed by atoms with E-state index in [2.05, 4.69) is 6.92 Å². The molecule has 182 valence electrons. The van der Waals surface area contributed by atoms with Crippen molar-refractivity contribution in [1.29, 1.82) is 0 Å². The fourth-order valence-corrected chi connectivity index (χ4v) is 6.54. The lowest BCUT2D eigenvalue weighted by Crippen LogP contribution is -2.35. The van der Waals surface area contributed by atoms with Crippen molar-refractivity contribution in [2.45, 2.75) is 78.1 Å². The molecule has 0 spiro atoms. The zero-order chi connectivity index (χ0) is 23.4. The number of benzene rings is 1. The van der Waals surface area contributed by atoms with E-state index < -0.39 is 17.6 Å². The van der Waals surface area contributed by atoms with E-state index >= 15 is 0 Å². The Balaban J connectivity index is 1.27. The molecule has 0 heterocycles. The summed E-state index contributed by atoms with van der Waals surface area (Å²) in [5, 5.41) is 0. The number of hydrogen-bond donors (Lipinski definition) is 0. The topological polar surface area (TPSA) is 35.5 Å². The number of hydrogen-bond acceptors (Lipinski definition) is 3. The molecule has 3 saturated carbocycles. The predicted octanol–water partition coefficient (Wildman–Crippen LogP) is 7.48. The van der Waals surface area contributed by atoms with Gasteiger partial charge in [0.05, 0.1) is 5.92 Å². The van der Waals surface area contributed by atoms with Gasteiger partial charge >= 0.3 is 5.97 Å². The molecule has 0 bridgehead atoms. The normalized spacial score (nSPS) is 32.4. The quantitative estimate of drug-likeness (QED) is 0.251. The summed E-state index contributed by atoms with van der Waals surface area (Å²) in [6, 6.07) is 2.58. The van der Waals surface area contributed by atoms with Crippen LogP contribution in [0.4, 0.5) is 8.78 Å². The third-order valence-corrected chi connectivity index (χ3v) is 8.48. The van der Waals surface area contributed by atoms with Gasteiger partial charge in [-0.3, -0.25) is 4.79 Å². The van der Waals surface area contributed by atoms with Gasteiger partial charge in [-0.05, 0) is 106 Å². The molecule has 33 heavy (non-hydrogen) atoms. The Kier molecular flexibility index (Phi) is 8.08. The van der Waals surface area contributed by atoms with E-state index in [1.165, 1.54) is 50.7 Å². The van der Waals surface area contributed by atoms with Crippen molar-refractivity contribution >= 4 is 5.97 Å². The standard InChI is InChI=1S/C28H38F2O3/c1-3-4-15-32-24-13-14-25(27(30)26(24)29)33-28(31)20-9-7-19(8-10-20)22-12-11-21-16-18(2)5-6-23(21)17-22/h3-4,13-14,18-23H,5-12,15-17H2,1-2H3/b4-3+. The van der Waals surface area contributed by atoms with Gasteiger partial charge in [-0.15, -0.1) is 0 Å².